The Balaban J connectivity index is 1.56. The van der Waals surface area contributed by atoms with E-state index >= 15 is 0 Å². The second-order valence-corrected chi connectivity index (χ2v) is 8.97. The van der Waals surface area contributed by atoms with Crippen LogP contribution in [0.25, 0.3) is 0 Å². The number of aromatic nitrogens is 1. The molecule has 0 aliphatic carbocycles. The molecule has 27 heavy (non-hydrogen) atoms. The summed E-state index contributed by atoms with van der Waals surface area (Å²) in [5.74, 6) is 1.67. The third-order valence-electron chi connectivity index (χ3n) is 5.56. The van der Waals surface area contributed by atoms with E-state index in [9.17, 15) is 4.79 Å². The predicted molar refractivity (Wildman–Crippen MR) is 113 cm³/mol. The van der Waals surface area contributed by atoms with Crippen molar-refractivity contribution in [1.29, 1.82) is 0 Å². The fourth-order valence-corrected chi connectivity index (χ4v) is 5.18. The Morgan fingerprint density at radius 3 is 2.74 bits per heavy atom. The van der Waals surface area contributed by atoms with E-state index in [0.717, 1.165) is 48.5 Å². The molecule has 0 unspecified atom stereocenters. The second kappa shape index (κ2) is 7.82. The first-order chi connectivity index (χ1) is 13.1. The summed E-state index contributed by atoms with van der Waals surface area (Å²) < 4.78 is 2.46. The van der Waals surface area contributed by atoms with Gasteiger partial charge in [0.05, 0.1) is 17.9 Å². The van der Waals surface area contributed by atoms with Crippen LogP contribution < -0.4 is 4.90 Å². The number of piperidine rings is 1. The number of carbonyl (C=O) groups excluding carboxylic acids is 1. The summed E-state index contributed by atoms with van der Waals surface area (Å²) in [6.07, 6.45) is 6.04. The van der Waals surface area contributed by atoms with Gasteiger partial charge in [0.2, 0.25) is 0 Å². The van der Waals surface area contributed by atoms with Gasteiger partial charge in [0.15, 0.2) is 0 Å². The molecule has 1 aromatic heterocycles. The number of pyridine rings is 1. The van der Waals surface area contributed by atoms with Crippen molar-refractivity contribution < 1.29 is 4.79 Å². The van der Waals surface area contributed by atoms with Gasteiger partial charge in [-0.05, 0) is 61.1 Å². The number of rotatable bonds is 4. The fourth-order valence-electron chi connectivity index (χ4n) is 4.16. The van der Waals surface area contributed by atoms with Gasteiger partial charge in [0, 0.05) is 35.6 Å². The summed E-state index contributed by atoms with van der Waals surface area (Å²) in [5, 5.41) is 0.666. The zero-order valence-electron chi connectivity index (χ0n) is 15.7. The van der Waals surface area contributed by atoms with Crippen LogP contribution in [0.2, 0.25) is 5.02 Å². The highest BCUT2D eigenvalue weighted by Crippen LogP contribution is 2.39. The zero-order valence-corrected chi connectivity index (χ0v) is 17.3. The van der Waals surface area contributed by atoms with Gasteiger partial charge in [-0.25, -0.2) is 0 Å². The fraction of sp³-hybridized carbons (Fsp3) is 0.429. The molecule has 2 aliphatic rings. The SMILES string of the molecule is CCSN1CCC(c2cncc(N3C(=O)c4ccc(Cl)cc4[C@@H]3C)c2)CC1. The Morgan fingerprint density at radius 2 is 2.00 bits per heavy atom. The molecule has 2 aromatic rings. The maximum Gasteiger partial charge on any atom is 0.259 e. The highest BCUT2D eigenvalue weighted by atomic mass is 35.5. The first kappa shape index (κ1) is 18.8. The maximum absolute atomic E-state index is 13.0. The molecule has 1 fully saturated rings. The predicted octanol–water partition coefficient (Wildman–Crippen LogP) is 5.30. The number of carbonyl (C=O) groups is 1. The van der Waals surface area contributed by atoms with Crippen molar-refractivity contribution in [1.82, 2.24) is 9.29 Å². The first-order valence-corrected chi connectivity index (χ1v) is 10.9. The second-order valence-electron chi connectivity index (χ2n) is 7.18. The summed E-state index contributed by atoms with van der Waals surface area (Å²) in [6.45, 7) is 6.46. The smallest absolute Gasteiger partial charge is 0.259 e. The van der Waals surface area contributed by atoms with Gasteiger partial charge in [-0.15, -0.1) is 0 Å². The number of hydrogen-bond acceptors (Lipinski definition) is 4. The minimum Gasteiger partial charge on any atom is -0.300 e. The largest absolute Gasteiger partial charge is 0.300 e. The normalized spacial score (nSPS) is 20.9. The number of nitrogens with zero attached hydrogens (tertiary/aromatic N) is 3. The van der Waals surface area contributed by atoms with Crippen LogP contribution in [0, 0.1) is 0 Å². The number of fused-ring (bicyclic) bond motifs is 1. The molecule has 6 heteroatoms. The molecule has 0 spiro atoms. The molecular weight excluding hydrogens is 378 g/mol. The van der Waals surface area contributed by atoms with Gasteiger partial charge < -0.3 is 0 Å². The summed E-state index contributed by atoms with van der Waals surface area (Å²) in [7, 11) is 0. The number of anilines is 1. The molecule has 1 saturated heterocycles. The van der Waals surface area contributed by atoms with Crippen molar-refractivity contribution in [2.45, 2.75) is 38.6 Å². The monoisotopic (exact) mass is 401 g/mol. The molecule has 0 N–H and O–H groups in total. The van der Waals surface area contributed by atoms with E-state index in [4.69, 9.17) is 11.6 Å². The van der Waals surface area contributed by atoms with E-state index in [2.05, 4.69) is 22.3 Å². The highest BCUT2D eigenvalue weighted by Gasteiger charge is 2.35. The lowest BCUT2D eigenvalue weighted by Crippen LogP contribution is -2.28. The van der Waals surface area contributed by atoms with Crippen LogP contribution in [-0.2, 0) is 0 Å². The Hall–Kier alpha value is -1.56. The summed E-state index contributed by atoms with van der Waals surface area (Å²) in [4.78, 5) is 19.3. The maximum atomic E-state index is 13.0. The van der Waals surface area contributed by atoms with Crippen LogP contribution in [0.5, 0.6) is 0 Å². The lowest BCUT2D eigenvalue weighted by Gasteiger charge is -2.31. The standard InChI is InChI=1S/C21H24ClN3OS/c1-3-27-24-8-6-15(7-9-24)16-10-18(13-23-12-16)25-14(2)20-11-17(22)4-5-19(20)21(25)26/h4-5,10-15H,3,6-9H2,1-2H3/t14-/m0/s1. The number of hydrogen-bond donors (Lipinski definition) is 0. The lowest BCUT2D eigenvalue weighted by atomic mass is 9.91. The minimum absolute atomic E-state index is 0.0299. The molecule has 142 valence electrons. The van der Waals surface area contributed by atoms with Crippen molar-refractivity contribution in [2.24, 2.45) is 0 Å². The quantitative estimate of drug-likeness (QED) is 0.651. The van der Waals surface area contributed by atoms with Gasteiger partial charge in [0.25, 0.3) is 5.91 Å². The molecule has 4 nitrogen and oxygen atoms in total. The Morgan fingerprint density at radius 1 is 1.22 bits per heavy atom. The molecular formula is C21H24ClN3OS. The van der Waals surface area contributed by atoms with Gasteiger partial charge in [-0.2, -0.15) is 0 Å². The van der Waals surface area contributed by atoms with Crippen molar-refractivity contribution in [3.8, 4) is 0 Å². The number of halogens is 1. The highest BCUT2D eigenvalue weighted by molar-refractivity contribution is 7.96. The van der Waals surface area contributed by atoms with Crippen LogP contribution >= 0.6 is 23.5 Å². The molecule has 0 radical (unpaired) electrons. The topological polar surface area (TPSA) is 36.4 Å². The third-order valence-corrected chi connectivity index (χ3v) is 6.78. The first-order valence-electron chi connectivity index (χ1n) is 9.54. The summed E-state index contributed by atoms with van der Waals surface area (Å²) in [5.41, 5.74) is 3.84. The van der Waals surface area contributed by atoms with Gasteiger partial charge in [-0.1, -0.05) is 30.5 Å². The average Bonchev–Trinajstić information content (AvgIpc) is 2.93. The van der Waals surface area contributed by atoms with E-state index in [0.29, 0.717) is 10.9 Å². The molecule has 1 amide bonds. The van der Waals surface area contributed by atoms with E-state index in [1.807, 2.05) is 42.1 Å². The Bertz CT molecular complexity index is 851. The van der Waals surface area contributed by atoms with E-state index < -0.39 is 0 Å². The molecule has 0 bridgehead atoms. The Labute approximate surface area is 170 Å². The minimum atomic E-state index is -0.0361. The van der Waals surface area contributed by atoms with Crippen molar-refractivity contribution in [2.75, 3.05) is 23.7 Å². The number of amides is 1. The molecule has 1 atom stereocenters. The van der Waals surface area contributed by atoms with Crippen LogP contribution in [0.3, 0.4) is 0 Å². The van der Waals surface area contributed by atoms with Crippen LogP contribution in [0.1, 0.15) is 60.1 Å². The van der Waals surface area contributed by atoms with Crippen LogP contribution in [0.4, 0.5) is 5.69 Å². The van der Waals surface area contributed by atoms with E-state index in [1.165, 1.54) is 5.56 Å². The molecule has 0 saturated carbocycles. The lowest BCUT2D eigenvalue weighted by molar-refractivity contribution is 0.0992. The van der Waals surface area contributed by atoms with Crippen molar-refractivity contribution >= 4 is 35.1 Å². The Kier molecular flexibility index (Phi) is 5.44. The average molecular weight is 402 g/mol. The van der Waals surface area contributed by atoms with Crippen LogP contribution in [0.15, 0.2) is 36.7 Å². The zero-order chi connectivity index (χ0) is 19.0. The van der Waals surface area contributed by atoms with Crippen LogP contribution in [-0.4, -0.2) is 34.0 Å². The number of benzene rings is 1. The van der Waals surface area contributed by atoms with Gasteiger partial charge >= 0.3 is 0 Å². The van der Waals surface area contributed by atoms with Crippen molar-refractivity contribution in [3.63, 3.8) is 0 Å². The molecule has 1 aromatic carbocycles. The molecule has 4 rings (SSSR count). The van der Waals surface area contributed by atoms with E-state index in [-0.39, 0.29) is 11.9 Å². The van der Waals surface area contributed by atoms with Gasteiger partial charge in [-0.3, -0.25) is 19.0 Å². The molecule has 2 aliphatic heterocycles. The summed E-state index contributed by atoms with van der Waals surface area (Å²) in [6, 6.07) is 7.63. The molecule has 3 heterocycles. The van der Waals surface area contributed by atoms with Gasteiger partial charge in [0.1, 0.15) is 0 Å². The van der Waals surface area contributed by atoms with E-state index in [1.54, 1.807) is 12.3 Å². The van der Waals surface area contributed by atoms with Crippen molar-refractivity contribution in [3.05, 3.63) is 58.4 Å². The summed E-state index contributed by atoms with van der Waals surface area (Å²) >= 11 is 8.06. The third kappa shape index (κ3) is 3.60.